The van der Waals surface area contributed by atoms with Crippen LogP contribution in [0.4, 0.5) is 5.69 Å². The van der Waals surface area contributed by atoms with E-state index in [1.165, 1.54) is 24.3 Å². The van der Waals surface area contributed by atoms with Crippen LogP contribution in [-0.2, 0) is 9.53 Å². The number of rotatable bonds is 5. The van der Waals surface area contributed by atoms with Crippen LogP contribution in [0.15, 0.2) is 24.3 Å². The average Bonchev–Trinajstić information content (AvgIpc) is 2.47. The Morgan fingerprint density at radius 1 is 1.52 bits per heavy atom. The van der Waals surface area contributed by atoms with Crippen molar-refractivity contribution in [2.75, 3.05) is 13.2 Å². The van der Waals surface area contributed by atoms with Crippen molar-refractivity contribution in [1.82, 2.24) is 0 Å². The highest BCUT2D eigenvalue weighted by Gasteiger charge is 2.18. The van der Waals surface area contributed by atoms with Gasteiger partial charge < -0.3 is 14.6 Å². The van der Waals surface area contributed by atoms with Crippen LogP contribution in [0, 0.1) is 10.1 Å². The number of carboxylic acid groups (broad SMARTS) is 1. The fourth-order valence-corrected chi connectivity index (χ4v) is 2.03. The number of nitro benzene ring substituents is 1. The summed E-state index contributed by atoms with van der Waals surface area (Å²) in [6.45, 7) is 1.16. The summed E-state index contributed by atoms with van der Waals surface area (Å²) in [5.74, 6) is -0.720. The van der Waals surface area contributed by atoms with Crippen molar-refractivity contribution >= 4 is 17.7 Å². The lowest BCUT2D eigenvalue weighted by Crippen LogP contribution is -2.28. The zero-order valence-electron chi connectivity index (χ0n) is 11.2. The number of hydrogen-bond donors (Lipinski definition) is 1. The molecule has 1 aliphatic rings. The monoisotopic (exact) mass is 293 g/mol. The molecule has 1 fully saturated rings. The van der Waals surface area contributed by atoms with Gasteiger partial charge in [0.15, 0.2) is 0 Å². The van der Waals surface area contributed by atoms with Gasteiger partial charge in [-0.3, -0.25) is 10.1 Å². The minimum Gasteiger partial charge on any atom is -0.487 e. The van der Waals surface area contributed by atoms with Crippen molar-refractivity contribution in [1.29, 1.82) is 0 Å². The number of benzene rings is 1. The lowest BCUT2D eigenvalue weighted by Gasteiger charge is -2.24. The summed E-state index contributed by atoms with van der Waals surface area (Å²) in [5.41, 5.74) is 0.240. The van der Waals surface area contributed by atoms with E-state index in [-0.39, 0.29) is 11.8 Å². The highest BCUT2D eigenvalue weighted by molar-refractivity contribution is 5.86. The molecule has 1 atom stereocenters. The molecule has 1 saturated heterocycles. The van der Waals surface area contributed by atoms with Gasteiger partial charge in [-0.15, -0.1) is 0 Å². The molecule has 7 heteroatoms. The van der Waals surface area contributed by atoms with Gasteiger partial charge in [0.2, 0.25) is 0 Å². The van der Waals surface area contributed by atoms with Crippen molar-refractivity contribution in [3.63, 3.8) is 0 Å². The van der Waals surface area contributed by atoms with E-state index in [1.807, 2.05) is 0 Å². The van der Waals surface area contributed by atoms with E-state index in [1.54, 1.807) is 0 Å². The molecule has 0 bridgehead atoms. The molecule has 0 saturated carbocycles. The predicted molar refractivity (Wildman–Crippen MR) is 74.2 cm³/mol. The van der Waals surface area contributed by atoms with Gasteiger partial charge in [0.25, 0.3) is 5.69 Å². The Balaban J connectivity index is 2.25. The first kappa shape index (κ1) is 15.0. The minimum absolute atomic E-state index is 0.118. The molecule has 1 aliphatic heterocycles. The van der Waals surface area contributed by atoms with E-state index in [4.69, 9.17) is 14.6 Å². The molecule has 1 aromatic rings. The topological polar surface area (TPSA) is 98.9 Å². The molecule has 0 spiro atoms. The molecule has 112 valence electrons. The zero-order chi connectivity index (χ0) is 15.2. The Hall–Kier alpha value is -2.41. The first-order chi connectivity index (χ1) is 10.1. The summed E-state index contributed by atoms with van der Waals surface area (Å²) in [4.78, 5) is 20.9. The molecular weight excluding hydrogens is 278 g/mol. The molecule has 1 N–H and O–H groups in total. The number of carbonyl (C=O) groups is 1. The van der Waals surface area contributed by atoms with E-state index in [0.29, 0.717) is 24.5 Å². The van der Waals surface area contributed by atoms with Gasteiger partial charge in [0.05, 0.1) is 11.5 Å². The molecule has 0 aromatic heterocycles. The fraction of sp³-hybridized carbons (Fsp3) is 0.357. The molecule has 2 rings (SSSR count). The van der Waals surface area contributed by atoms with Crippen molar-refractivity contribution < 1.29 is 24.3 Å². The summed E-state index contributed by atoms with van der Waals surface area (Å²) in [6.07, 6.45) is 3.80. The quantitative estimate of drug-likeness (QED) is 0.508. The van der Waals surface area contributed by atoms with Crippen LogP contribution in [0.5, 0.6) is 5.75 Å². The first-order valence-electron chi connectivity index (χ1n) is 6.50. The van der Waals surface area contributed by atoms with Crippen LogP contribution in [0.3, 0.4) is 0 Å². The molecule has 1 heterocycles. The standard InChI is InChI=1S/C14H15NO6/c16-14(17)6-3-10-8-11(15(18)19)4-5-13(10)21-12-2-1-7-20-9-12/h3-6,8,12H,1-2,7,9H2,(H,16,17)/b6-3+. The Bertz CT molecular complexity index is 563. The van der Waals surface area contributed by atoms with Gasteiger partial charge in [-0.05, 0) is 25.0 Å². The van der Waals surface area contributed by atoms with Gasteiger partial charge >= 0.3 is 5.97 Å². The second kappa shape index (κ2) is 6.85. The van der Waals surface area contributed by atoms with Crippen molar-refractivity contribution in [2.24, 2.45) is 0 Å². The summed E-state index contributed by atoms with van der Waals surface area (Å²) >= 11 is 0. The van der Waals surface area contributed by atoms with E-state index in [9.17, 15) is 14.9 Å². The van der Waals surface area contributed by atoms with Crippen LogP contribution in [0.1, 0.15) is 18.4 Å². The third-order valence-electron chi connectivity index (χ3n) is 3.02. The number of non-ortho nitro benzene ring substituents is 1. The molecule has 0 amide bonds. The van der Waals surface area contributed by atoms with E-state index < -0.39 is 10.9 Å². The molecule has 7 nitrogen and oxygen atoms in total. The molecule has 0 radical (unpaired) electrons. The molecule has 1 aromatic carbocycles. The molecule has 0 aliphatic carbocycles. The van der Waals surface area contributed by atoms with Crippen molar-refractivity contribution in [3.8, 4) is 5.75 Å². The smallest absolute Gasteiger partial charge is 0.328 e. The number of ether oxygens (including phenoxy) is 2. The molecule has 21 heavy (non-hydrogen) atoms. The summed E-state index contributed by atoms with van der Waals surface area (Å²) in [6, 6.07) is 4.10. The van der Waals surface area contributed by atoms with E-state index >= 15 is 0 Å². The van der Waals surface area contributed by atoms with Crippen molar-refractivity contribution in [3.05, 3.63) is 40.0 Å². The summed E-state index contributed by atoms with van der Waals surface area (Å²) in [5, 5.41) is 19.5. The number of hydrogen-bond acceptors (Lipinski definition) is 5. The highest BCUT2D eigenvalue weighted by Crippen LogP contribution is 2.27. The van der Waals surface area contributed by atoms with Crippen LogP contribution in [-0.4, -0.2) is 35.3 Å². The molecule has 1 unspecified atom stereocenters. The van der Waals surface area contributed by atoms with Gasteiger partial charge in [-0.25, -0.2) is 4.79 Å². The Labute approximate surface area is 120 Å². The summed E-state index contributed by atoms with van der Waals surface area (Å²) in [7, 11) is 0. The largest absolute Gasteiger partial charge is 0.487 e. The Morgan fingerprint density at radius 3 is 2.95 bits per heavy atom. The van der Waals surface area contributed by atoms with E-state index in [0.717, 1.165) is 18.9 Å². The van der Waals surface area contributed by atoms with Gasteiger partial charge in [0, 0.05) is 30.4 Å². The number of carboxylic acids is 1. The highest BCUT2D eigenvalue weighted by atomic mass is 16.6. The predicted octanol–water partition coefficient (Wildman–Crippen LogP) is 2.25. The van der Waals surface area contributed by atoms with Crippen LogP contribution >= 0.6 is 0 Å². The third kappa shape index (κ3) is 4.28. The van der Waals surface area contributed by atoms with Gasteiger partial charge in [-0.1, -0.05) is 0 Å². The second-order valence-corrected chi connectivity index (χ2v) is 4.61. The van der Waals surface area contributed by atoms with Crippen LogP contribution in [0.25, 0.3) is 6.08 Å². The van der Waals surface area contributed by atoms with E-state index in [2.05, 4.69) is 0 Å². The maximum absolute atomic E-state index is 10.8. The number of nitro groups is 1. The number of nitrogens with zero attached hydrogens (tertiary/aromatic N) is 1. The third-order valence-corrected chi connectivity index (χ3v) is 3.02. The van der Waals surface area contributed by atoms with Crippen LogP contribution in [0.2, 0.25) is 0 Å². The lowest BCUT2D eigenvalue weighted by molar-refractivity contribution is -0.384. The van der Waals surface area contributed by atoms with Gasteiger partial charge in [0.1, 0.15) is 11.9 Å². The minimum atomic E-state index is -1.13. The second-order valence-electron chi connectivity index (χ2n) is 4.61. The zero-order valence-corrected chi connectivity index (χ0v) is 11.2. The van der Waals surface area contributed by atoms with Gasteiger partial charge in [-0.2, -0.15) is 0 Å². The normalized spacial score (nSPS) is 18.6. The van der Waals surface area contributed by atoms with Crippen LogP contribution < -0.4 is 4.74 Å². The fourth-order valence-electron chi connectivity index (χ4n) is 2.03. The summed E-state index contributed by atoms with van der Waals surface area (Å²) < 4.78 is 11.1. The first-order valence-corrected chi connectivity index (χ1v) is 6.50. The maximum Gasteiger partial charge on any atom is 0.328 e. The maximum atomic E-state index is 10.8. The molecular formula is C14H15NO6. The number of aliphatic carboxylic acids is 1. The van der Waals surface area contributed by atoms with Crippen molar-refractivity contribution in [2.45, 2.75) is 18.9 Å². The lowest BCUT2D eigenvalue weighted by atomic mass is 10.1. The Kier molecular flexibility index (Phi) is 4.89. The Morgan fingerprint density at radius 2 is 2.33 bits per heavy atom. The SMILES string of the molecule is O=C(O)/C=C/c1cc([N+](=O)[O-])ccc1OC1CCCOC1. The average molecular weight is 293 g/mol.